The summed E-state index contributed by atoms with van der Waals surface area (Å²) in [6, 6.07) is 3.12. The van der Waals surface area contributed by atoms with E-state index in [1.54, 1.807) is 6.07 Å². The summed E-state index contributed by atoms with van der Waals surface area (Å²) in [4.78, 5) is 3.71. The largest absolute Gasteiger partial charge is 0.384 e. The third kappa shape index (κ3) is 2.79. The molecule has 0 saturated carbocycles. The molecule has 1 aromatic rings. The van der Waals surface area contributed by atoms with Crippen LogP contribution in [0.25, 0.3) is 0 Å². The molecule has 0 spiro atoms. The fraction of sp³-hybridized carbons (Fsp3) is 0.286. The van der Waals surface area contributed by atoms with Crippen molar-refractivity contribution in [1.82, 2.24) is 4.98 Å². The predicted octanol–water partition coefficient (Wildman–Crippen LogP) is 1.40. The molecular weight excluding hydrogens is 166 g/mol. The minimum Gasteiger partial charge on any atom is -0.384 e. The smallest absolute Gasteiger partial charge is 0.345 e. The van der Waals surface area contributed by atoms with E-state index in [9.17, 15) is 8.78 Å². The van der Waals surface area contributed by atoms with Gasteiger partial charge in [-0.2, -0.15) is 8.78 Å². The minimum atomic E-state index is -2.75. The molecule has 0 atom stereocenters. The fourth-order valence-corrected chi connectivity index (χ4v) is 0.681. The molecule has 0 fully saturated rings. The number of nitrogens with two attached hydrogens (primary N) is 1. The number of pyridine rings is 1. The van der Waals surface area contributed by atoms with E-state index in [0.717, 1.165) is 0 Å². The average Bonchev–Trinajstić information content (AvgIpc) is 2.03. The van der Waals surface area contributed by atoms with Crippen molar-refractivity contribution in [3.8, 4) is 0 Å². The van der Waals surface area contributed by atoms with Crippen LogP contribution in [0.3, 0.4) is 0 Å². The Labute approximate surface area is 68.2 Å². The molecule has 0 radical (unpaired) electrons. The Morgan fingerprint density at radius 2 is 2.25 bits per heavy atom. The van der Waals surface area contributed by atoms with E-state index in [2.05, 4.69) is 9.72 Å². The highest BCUT2D eigenvalue weighted by atomic mass is 19.3. The number of ether oxygens (including phenoxy) is 1. The van der Waals surface area contributed by atoms with Crippen molar-refractivity contribution in [3.05, 3.63) is 23.9 Å². The summed E-state index contributed by atoms with van der Waals surface area (Å²) in [6.07, 6.45) is 1.40. The van der Waals surface area contributed by atoms with E-state index in [4.69, 9.17) is 5.73 Å². The predicted molar refractivity (Wildman–Crippen MR) is 39.4 cm³/mol. The molecule has 1 aromatic heterocycles. The molecule has 5 heteroatoms. The molecule has 66 valence electrons. The summed E-state index contributed by atoms with van der Waals surface area (Å²) in [5.41, 5.74) is 5.86. The lowest BCUT2D eigenvalue weighted by atomic mass is 10.3. The lowest BCUT2D eigenvalue weighted by molar-refractivity contribution is -0.137. The molecule has 0 aliphatic rings. The van der Waals surface area contributed by atoms with Crippen molar-refractivity contribution < 1.29 is 13.5 Å². The minimum absolute atomic E-state index is 0.148. The van der Waals surface area contributed by atoms with Gasteiger partial charge in [-0.15, -0.1) is 0 Å². The van der Waals surface area contributed by atoms with E-state index in [1.165, 1.54) is 12.3 Å². The van der Waals surface area contributed by atoms with E-state index in [-0.39, 0.29) is 6.61 Å². The Morgan fingerprint density at radius 1 is 1.50 bits per heavy atom. The Morgan fingerprint density at radius 3 is 2.75 bits per heavy atom. The van der Waals surface area contributed by atoms with Gasteiger partial charge in [-0.05, 0) is 11.6 Å². The lowest BCUT2D eigenvalue weighted by Gasteiger charge is -2.01. The maximum absolute atomic E-state index is 11.5. The van der Waals surface area contributed by atoms with Crippen LogP contribution in [-0.4, -0.2) is 11.6 Å². The Balaban J connectivity index is 2.48. The first-order chi connectivity index (χ1) is 5.68. The number of hydrogen-bond donors (Lipinski definition) is 1. The van der Waals surface area contributed by atoms with Gasteiger partial charge in [-0.3, -0.25) is 0 Å². The SMILES string of the molecule is Nc1ccc(COC(F)F)cn1. The van der Waals surface area contributed by atoms with E-state index in [1.807, 2.05) is 0 Å². The van der Waals surface area contributed by atoms with Crippen LogP contribution in [0.1, 0.15) is 5.56 Å². The van der Waals surface area contributed by atoms with Gasteiger partial charge in [0.1, 0.15) is 5.82 Å². The number of nitrogens with zero attached hydrogens (tertiary/aromatic N) is 1. The molecule has 0 bridgehead atoms. The molecule has 0 aliphatic heterocycles. The van der Waals surface area contributed by atoms with Crippen LogP contribution in [0.5, 0.6) is 0 Å². The second-order valence-corrected chi connectivity index (χ2v) is 2.16. The van der Waals surface area contributed by atoms with Crippen LogP contribution in [0.15, 0.2) is 18.3 Å². The second-order valence-electron chi connectivity index (χ2n) is 2.16. The summed E-state index contributed by atoms with van der Waals surface area (Å²) < 4.78 is 27.1. The number of nitrogen functional groups attached to an aromatic ring is 1. The first kappa shape index (κ1) is 8.86. The maximum atomic E-state index is 11.5. The number of anilines is 1. The number of hydrogen-bond acceptors (Lipinski definition) is 3. The van der Waals surface area contributed by atoms with Gasteiger partial charge in [0, 0.05) is 6.20 Å². The molecule has 0 aromatic carbocycles. The molecule has 3 nitrogen and oxygen atoms in total. The van der Waals surface area contributed by atoms with Crippen molar-refractivity contribution in [2.45, 2.75) is 13.2 Å². The quantitative estimate of drug-likeness (QED) is 0.753. The highest BCUT2D eigenvalue weighted by Gasteiger charge is 2.01. The van der Waals surface area contributed by atoms with Gasteiger partial charge in [0.15, 0.2) is 0 Å². The molecule has 0 saturated heterocycles. The summed E-state index contributed by atoms with van der Waals surface area (Å²) in [6.45, 7) is -2.90. The summed E-state index contributed by atoms with van der Waals surface area (Å²) in [5, 5.41) is 0. The van der Waals surface area contributed by atoms with Crippen LogP contribution in [0.2, 0.25) is 0 Å². The Bertz CT molecular complexity index is 238. The van der Waals surface area contributed by atoms with E-state index >= 15 is 0 Å². The molecule has 1 rings (SSSR count). The van der Waals surface area contributed by atoms with Gasteiger partial charge >= 0.3 is 6.61 Å². The van der Waals surface area contributed by atoms with Gasteiger partial charge in [-0.1, -0.05) is 6.07 Å². The van der Waals surface area contributed by atoms with Crippen LogP contribution >= 0.6 is 0 Å². The van der Waals surface area contributed by atoms with Gasteiger partial charge in [0.05, 0.1) is 6.61 Å². The third-order valence-corrected chi connectivity index (χ3v) is 1.22. The van der Waals surface area contributed by atoms with Gasteiger partial charge in [-0.25, -0.2) is 4.98 Å². The highest BCUT2D eigenvalue weighted by Crippen LogP contribution is 2.05. The number of halogens is 2. The molecule has 0 amide bonds. The van der Waals surface area contributed by atoms with E-state index < -0.39 is 6.61 Å². The monoisotopic (exact) mass is 174 g/mol. The maximum Gasteiger partial charge on any atom is 0.345 e. The van der Waals surface area contributed by atoms with Crippen molar-refractivity contribution in [1.29, 1.82) is 0 Å². The fourth-order valence-electron chi connectivity index (χ4n) is 0.681. The number of rotatable bonds is 3. The zero-order chi connectivity index (χ0) is 8.97. The standard InChI is InChI=1S/C7H8F2N2O/c8-7(9)12-4-5-1-2-6(10)11-3-5/h1-3,7H,4H2,(H2,10,11). The molecular formula is C7H8F2N2O. The van der Waals surface area contributed by atoms with Crippen molar-refractivity contribution >= 4 is 5.82 Å². The first-order valence-electron chi connectivity index (χ1n) is 3.28. The second kappa shape index (κ2) is 3.96. The lowest BCUT2D eigenvalue weighted by Crippen LogP contribution is -2.00. The Kier molecular flexibility index (Phi) is 2.93. The van der Waals surface area contributed by atoms with Gasteiger partial charge < -0.3 is 10.5 Å². The van der Waals surface area contributed by atoms with Gasteiger partial charge in [0.25, 0.3) is 0 Å². The normalized spacial score (nSPS) is 10.6. The molecule has 0 unspecified atom stereocenters. The first-order valence-corrected chi connectivity index (χ1v) is 3.28. The van der Waals surface area contributed by atoms with Crippen LogP contribution in [-0.2, 0) is 11.3 Å². The molecule has 12 heavy (non-hydrogen) atoms. The number of alkyl halides is 2. The zero-order valence-electron chi connectivity index (χ0n) is 6.21. The summed E-state index contributed by atoms with van der Waals surface area (Å²) in [7, 11) is 0. The van der Waals surface area contributed by atoms with Crippen molar-refractivity contribution in [2.24, 2.45) is 0 Å². The van der Waals surface area contributed by atoms with Gasteiger partial charge in [0.2, 0.25) is 0 Å². The van der Waals surface area contributed by atoms with Crippen LogP contribution in [0.4, 0.5) is 14.6 Å². The third-order valence-electron chi connectivity index (χ3n) is 1.22. The molecule has 1 heterocycles. The highest BCUT2D eigenvalue weighted by molar-refractivity contribution is 5.28. The van der Waals surface area contributed by atoms with Crippen molar-refractivity contribution in [2.75, 3.05) is 5.73 Å². The number of aromatic nitrogens is 1. The molecule has 0 aliphatic carbocycles. The Hall–Kier alpha value is -1.23. The van der Waals surface area contributed by atoms with Crippen LogP contribution < -0.4 is 5.73 Å². The molecule has 2 N–H and O–H groups in total. The van der Waals surface area contributed by atoms with Crippen molar-refractivity contribution in [3.63, 3.8) is 0 Å². The zero-order valence-corrected chi connectivity index (χ0v) is 6.21. The average molecular weight is 174 g/mol. The van der Waals surface area contributed by atoms with E-state index in [0.29, 0.717) is 11.4 Å². The summed E-state index contributed by atoms with van der Waals surface area (Å²) >= 11 is 0. The summed E-state index contributed by atoms with van der Waals surface area (Å²) in [5.74, 6) is 0.357. The van der Waals surface area contributed by atoms with Crippen LogP contribution in [0, 0.1) is 0 Å². The topological polar surface area (TPSA) is 48.1 Å².